The Morgan fingerprint density at radius 1 is 1.04 bits per heavy atom. The maximum atomic E-state index is 14.2. The summed E-state index contributed by atoms with van der Waals surface area (Å²) in [6.45, 7) is 4.95. The highest BCUT2D eigenvalue weighted by atomic mass is 32.2. The number of carbonyl (C=O) groups excluding carboxylic acids is 5. The van der Waals surface area contributed by atoms with E-state index in [0.717, 1.165) is 12.8 Å². The molecule has 3 fully saturated rings. The average molecular weight is 717 g/mol. The lowest BCUT2D eigenvalue weighted by Crippen LogP contribution is -2.58. The zero-order valence-corrected chi connectivity index (χ0v) is 29.2. The molecule has 50 heavy (non-hydrogen) atoms. The molecule has 3 aliphatic heterocycles. The van der Waals surface area contributed by atoms with Gasteiger partial charge in [-0.25, -0.2) is 18.0 Å². The third-order valence-electron chi connectivity index (χ3n) is 9.42. The van der Waals surface area contributed by atoms with Gasteiger partial charge in [0.1, 0.15) is 29.3 Å². The number of esters is 1. The number of nitrogens with zero attached hydrogens (tertiary/aromatic N) is 1. The first-order chi connectivity index (χ1) is 23.6. The van der Waals surface area contributed by atoms with E-state index >= 15 is 0 Å². The van der Waals surface area contributed by atoms with Crippen molar-refractivity contribution in [1.29, 1.82) is 0 Å². The molecule has 1 aromatic carbocycles. The number of ether oxygens (including phenoxy) is 4. The molecule has 0 aromatic heterocycles. The fraction of sp³-hybridized carbons (Fsp3) is 0.618. The van der Waals surface area contributed by atoms with Crippen molar-refractivity contribution in [1.82, 2.24) is 20.3 Å². The highest BCUT2D eigenvalue weighted by Gasteiger charge is 2.62. The molecule has 272 valence electrons. The third-order valence-corrected chi connectivity index (χ3v) is 11.2. The number of benzene rings is 1. The standard InChI is InChI=1S/C34H44N4O11S/c1-33(2,3)49-32(43)35-24-10-8-6-4-5-7-9-21-17-34(21,31(42)37-50(44,45)23-12-13-23)36-28(39)25-16-22(18-38(25)29(24)40)48-30(41)20-11-14-26-27(15-20)47-19-46-26/h7,9,11,14-15,21-25H,4-6,8,10,12-13,16-19H2,1-3H3,(H,35,43)(H,36,39)(H,37,42)/t21-,22-,24+,25+,34-/m1/s1. The minimum Gasteiger partial charge on any atom is -0.457 e. The molecule has 0 unspecified atom stereocenters. The fourth-order valence-corrected chi connectivity index (χ4v) is 7.90. The first-order valence-corrected chi connectivity index (χ1v) is 18.7. The quantitative estimate of drug-likeness (QED) is 0.289. The van der Waals surface area contributed by atoms with E-state index < -0.39 is 80.3 Å². The summed E-state index contributed by atoms with van der Waals surface area (Å²) in [5, 5.41) is 4.81. The van der Waals surface area contributed by atoms with E-state index in [1.54, 1.807) is 26.8 Å². The molecule has 15 nitrogen and oxygen atoms in total. The van der Waals surface area contributed by atoms with Gasteiger partial charge in [0.15, 0.2) is 11.5 Å². The second-order valence-corrected chi connectivity index (χ2v) is 16.5. The molecular weight excluding hydrogens is 672 g/mol. The van der Waals surface area contributed by atoms with Crippen molar-refractivity contribution < 1.29 is 51.3 Å². The van der Waals surface area contributed by atoms with Gasteiger partial charge in [0.2, 0.25) is 28.6 Å². The van der Waals surface area contributed by atoms with Crippen molar-refractivity contribution in [3.63, 3.8) is 0 Å². The van der Waals surface area contributed by atoms with Gasteiger partial charge in [0.25, 0.3) is 5.91 Å². The molecule has 5 atom stereocenters. The maximum Gasteiger partial charge on any atom is 0.408 e. The Bertz CT molecular complexity index is 1690. The number of nitrogens with one attached hydrogen (secondary N) is 3. The summed E-state index contributed by atoms with van der Waals surface area (Å²) < 4.78 is 49.5. The van der Waals surface area contributed by atoms with Gasteiger partial charge in [-0.2, -0.15) is 0 Å². The SMILES string of the molecule is CC(C)(C)OC(=O)N[C@H]1CCCCCC=C[C@@H]2C[C@@]2(C(=O)NS(=O)(=O)C2CC2)NC(=O)[C@@H]2C[C@@H](OC(=O)c3ccc4c(c3)OCO4)CN2C1=O. The molecule has 0 spiro atoms. The molecule has 1 saturated heterocycles. The van der Waals surface area contributed by atoms with E-state index in [1.165, 1.54) is 17.0 Å². The number of carbonyl (C=O) groups is 5. The van der Waals surface area contributed by atoms with Crippen molar-refractivity contribution >= 4 is 39.8 Å². The van der Waals surface area contributed by atoms with Crippen LogP contribution in [0, 0.1) is 5.92 Å². The molecule has 3 N–H and O–H groups in total. The lowest BCUT2D eigenvalue weighted by Gasteiger charge is -2.30. The van der Waals surface area contributed by atoms with Gasteiger partial charge in [-0.05, 0) is 77.5 Å². The number of allylic oxidation sites excluding steroid dienone is 1. The van der Waals surface area contributed by atoms with Crippen molar-refractivity contribution in [2.45, 2.75) is 113 Å². The van der Waals surface area contributed by atoms with Gasteiger partial charge < -0.3 is 34.5 Å². The summed E-state index contributed by atoms with van der Waals surface area (Å²) in [4.78, 5) is 69.3. The molecule has 6 rings (SSSR count). The zero-order valence-electron chi connectivity index (χ0n) is 28.4. The molecule has 2 aliphatic carbocycles. The molecule has 1 aromatic rings. The summed E-state index contributed by atoms with van der Waals surface area (Å²) in [7, 11) is -3.91. The summed E-state index contributed by atoms with van der Waals surface area (Å²) in [6.07, 6.45) is 6.01. The van der Waals surface area contributed by atoms with Crippen molar-refractivity contribution in [3.8, 4) is 11.5 Å². The summed E-state index contributed by atoms with van der Waals surface area (Å²) in [5.74, 6) is -2.42. The Morgan fingerprint density at radius 2 is 1.80 bits per heavy atom. The molecule has 0 bridgehead atoms. The number of amides is 4. The number of rotatable bonds is 6. The minimum absolute atomic E-state index is 0.0193. The normalized spacial score (nSPS) is 28.3. The van der Waals surface area contributed by atoms with Crippen LogP contribution in [0.1, 0.15) is 88.9 Å². The molecule has 2 saturated carbocycles. The van der Waals surface area contributed by atoms with Gasteiger partial charge in [0, 0.05) is 12.3 Å². The second-order valence-electron chi connectivity index (χ2n) is 14.5. The maximum absolute atomic E-state index is 14.2. The summed E-state index contributed by atoms with van der Waals surface area (Å²) >= 11 is 0. The Balaban J connectivity index is 1.26. The Labute approximate surface area is 290 Å². The van der Waals surface area contributed by atoms with Crippen LogP contribution >= 0.6 is 0 Å². The van der Waals surface area contributed by atoms with Crippen LogP contribution in [0.4, 0.5) is 4.79 Å². The monoisotopic (exact) mass is 716 g/mol. The van der Waals surface area contributed by atoms with E-state index in [1.807, 2.05) is 12.2 Å². The van der Waals surface area contributed by atoms with Crippen molar-refractivity contribution in [3.05, 3.63) is 35.9 Å². The molecule has 0 radical (unpaired) electrons. The zero-order chi connectivity index (χ0) is 35.8. The predicted molar refractivity (Wildman–Crippen MR) is 176 cm³/mol. The molecule has 5 aliphatic rings. The van der Waals surface area contributed by atoms with E-state index in [2.05, 4.69) is 15.4 Å². The van der Waals surface area contributed by atoms with Crippen LogP contribution in [0.2, 0.25) is 0 Å². The summed E-state index contributed by atoms with van der Waals surface area (Å²) in [6, 6.07) is 2.31. The molecule has 16 heteroatoms. The van der Waals surface area contributed by atoms with Crippen molar-refractivity contribution in [2.24, 2.45) is 5.92 Å². The molecule has 4 amide bonds. The number of alkyl carbamates (subject to hydrolysis) is 1. The van der Waals surface area contributed by atoms with Gasteiger partial charge in [-0.3, -0.25) is 19.1 Å². The van der Waals surface area contributed by atoms with E-state index in [0.29, 0.717) is 37.2 Å². The minimum atomic E-state index is -3.91. The highest BCUT2D eigenvalue weighted by Crippen LogP contribution is 2.46. The first kappa shape index (κ1) is 35.5. The van der Waals surface area contributed by atoms with Crippen LogP contribution in [0.25, 0.3) is 0 Å². The topological polar surface area (TPSA) is 196 Å². The van der Waals surface area contributed by atoms with Crippen LogP contribution in [0.3, 0.4) is 0 Å². The fourth-order valence-electron chi connectivity index (χ4n) is 6.54. The van der Waals surface area contributed by atoms with Gasteiger partial charge in [-0.1, -0.05) is 25.0 Å². The second kappa shape index (κ2) is 13.8. The van der Waals surface area contributed by atoms with Gasteiger partial charge in [-0.15, -0.1) is 0 Å². The van der Waals surface area contributed by atoms with E-state index in [9.17, 15) is 32.4 Å². The first-order valence-electron chi connectivity index (χ1n) is 17.1. The summed E-state index contributed by atoms with van der Waals surface area (Å²) in [5.41, 5.74) is -2.19. The number of fused-ring (bicyclic) bond motifs is 3. The molecular formula is C34H44N4O11S. The van der Waals surface area contributed by atoms with Crippen molar-refractivity contribution in [2.75, 3.05) is 13.3 Å². The number of hydrogen-bond donors (Lipinski definition) is 3. The highest BCUT2D eigenvalue weighted by molar-refractivity contribution is 7.91. The van der Waals surface area contributed by atoms with Crippen LogP contribution in [0.15, 0.2) is 30.4 Å². The van der Waals surface area contributed by atoms with E-state index in [-0.39, 0.29) is 38.2 Å². The Morgan fingerprint density at radius 3 is 2.54 bits per heavy atom. The largest absolute Gasteiger partial charge is 0.457 e. The van der Waals surface area contributed by atoms with Crippen LogP contribution < -0.4 is 24.8 Å². The van der Waals surface area contributed by atoms with Gasteiger partial charge >= 0.3 is 12.1 Å². The number of sulfonamides is 1. The molecule has 3 heterocycles. The predicted octanol–water partition coefficient (Wildman–Crippen LogP) is 2.44. The van der Waals surface area contributed by atoms with Crippen LogP contribution in [-0.4, -0.2) is 91.0 Å². The lowest BCUT2D eigenvalue weighted by atomic mass is 10.0. The van der Waals surface area contributed by atoms with Crippen LogP contribution in [-0.2, 0) is 33.9 Å². The van der Waals surface area contributed by atoms with E-state index in [4.69, 9.17) is 18.9 Å². The Kier molecular flexibility index (Phi) is 9.76. The smallest absolute Gasteiger partial charge is 0.408 e. The lowest BCUT2D eigenvalue weighted by molar-refractivity contribution is -0.141. The Hall–Kier alpha value is -4.34. The third kappa shape index (κ3) is 8.00. The number of hydrogen-bond acceptors (Lipinski definition) is 11. The van der Waals surface area contributed by atoms with Gasteiger partial charge in [0.05, 0.1) is 17.4 Å². The van der Waals surface area contributed by atoms with Crippen LogP contribution in [0.5, 0.6) is 11.5 Å². The average Bonchev–Trinajstić information content (AvgIpc) is 3.92.